The molecule has 0 radical (unpaired) electrons. The fraction of sp³-hybridized carbons (Fsp3) is 0.286. The maximum Gasteiger partial charge on any atom is 0.336 e. The summed E-state index contributed by atoms with van der Waals surface area (Å²) in [6.07, 6.45) is 4.70. The summed E-state index contributed by atoms with van der Waals surface area (Å²) in [6.45, 7) is 0. The predicted octanol–water partition coefficient (Wildman–Crippen LogP) is 3.16. The third-order valence-electron chi connectivity index (χ3n) is 5.43. The number of hydrogen-bond donors (Lipinski definition) is 3. The number of nitrogens with zero attached hydrogens (tertiary/aromatic N) is 3. The van der Waals surface area contributed by atoms with Crippen LogP contribution in [0, 0.1) is 0 Å². The Kier molecular flexibility index (Phi) is 4.50. The van der Waals surface area contributed by atoms with E-state index in [0.29, 0.717) is 11.3 Å². The van der Waals surface area contributed by atoms with E-state index in [0.717, 1.165) is 37.7 Å². The Morgan fingerprint density at radius 2 is 1.71 bits per heavy atom. The standard InChI is InChI=1S/C21H23N5O2/c22-19-24-20(23)26(21(25-19)12-5-2-6-13-21)16-11-7-10-15(18(27)28)17(16)14-8-3-1-4-9-14/h1,3-4,7-11H,2,5-6,12-13H2,(H,27,28)(H4,22,23,24,25). The molecule has 1 aliphatic heterocycles. The number of nitrogens with two attached hydrogens (primary N) is 2. The van der Waals surface area contributed by atoms with E-state index in [1.807, 2.05) is 41.3 Å². The quantitative estimate of drug-likeness (QED) is 0.759. The van der Waals surface area contributed by atoms with Gasteiger partial charge >= 0.3 is 5.97 Å². The van der Waals surface area contributed by atoms with Crippen molar-refractivity contribution >= 4 is 23.6 Å². The molecule has 7 heteroatoms. The van der Waals surface area contributed by atoms with Gasteiger partial charge in [-0.2, -0.15) is 4.99 Å². The molecule has 1 saturated carbocycles. The predicted molar refractivity (Wildman–Crippen MR) is 110 cm³/mol. The molecule has 0 aromatic heterocycles. The normalized spacial score (nSPS) is 18.5. The van der Waals surface area contributed by atoms with Crippen molar-refractivity contribution < 1.29 is 9.90 Å². The molecule has 1 fully saturated rings. The van der Waals surface area contributed by atoms with E-state index in [9.17, 15) is 9.90 Å². The number of aliphatic imine (C=N–C) groups is 2. The summed E-state index contributed by atoms with van der Waals surface area (Å²) in [5.41, 5.74) is 14.0. The van der Waals surface area contributed by atoms with E-state index >= 15 is 0 Å². The van der Waals surface area contributed by atoms with Gasteiger partial charge in [0.1, 0.15) is 5.66 Å². The van der Waals surface area contributed by atoms with Crippen molar-refractivity contribution in [3.63, 3.8) is 0 Å². The molecule has 4 rings (SSSR count). The van der Waals surface area contributed by atoms with Gasteiger partial charge < -0.3 is 16.6 Å². The molecule has 0 atom stereocenters. The van der Waals surface area contributed by atoms with Crippen LogP contribution in [0.5, 0.6) is 0 Å². The third kappa shape index (κ3) is 2.98. The maximum absolute atomic E-state index is 12.0. The molecule has 1 spiro atoms. The Hall–Kier alpha value is -3.35. The van der Waals surface area contributed by atoms with E-state index in [-0.39, 0.29) is 17.5 Å². The first-order valence-electron chi connectivity index (χ1n) is 9.43. The van der Waals surface area contributed by atoms with Gasteiger partial charge in [-0.1, -0.05) is 42.8 Å². The first-order chi connectivity index (χ1) is 13.5. The number of hydrogen-bond acceptors (Lipinski definition) is 6. The highest BCUT2D eigenvalue weighted by Crippen LogP contribution is 2.43. The van der Waals surface area contributed by atoms with Crippen molar-refractivity contribution in [1.29, 1.82) is 0 Å². The first kappa shape index (κ1) is 18.0. The Labute approximate surface area is 163 Å². The second-order valence-corrected chi connectivity index (χ2v) is 7.19. The van der Waals surface area contributed by atoms with Gasteiger partial charge in [-0.3, -0.25) is 4.90 Å². The van der Waals surface area contributed by atoms with Crippen molar-refractivity contribution in [2.75, 3.05) is 4.90 Å². The van der Waals surface area contributed by atoms with Crippen LogP contribution in [0.1, 0.15) is 42.5 Å². The molecular weight excluding hydrogens is 354 g/mol. The smallest absolute Gasteiger partial charge is 0.336 e. The zero-order valence-corrected chi connectivity index (χ0v) is 15.5. The molecule has 2 aromatic carbocycles. The molecule has 1 aliphatic carbocycles. The number of guanidine groups is 2. The summed E-state index contributed by atoms with van der Waals surface area (Å²) in [5, 5.41) is 9.83. The lowest BCUT2D eigenvalue weighted by molar-refractivity contribution is 0.0697. The van der Waals surface area contributed by atoms with Crippen LogP contribution in [0.15, 0.2) is 58.5 Å². The highest BCUT2D eigenvalue weighted by molar-refractivity contribution is 6.10. The van der Waals surface area contributed by atoms with E-state index in [4.69, 9.17) is 16.5 Å². The van der Waals surface area contributed by atoms with Gasteiger partial charge in [-0.15, -0.1) is 0 Å². The van der Waals surface area contributed by atoms with Gasteiger partial charge in [0.15, 0.2) is 0 Å². The van der Waals surface area contributed by atoms with Crippen molar-refractivity contribution in [3.05, 3.63) is 54.1 Å². The second kappa shape index (κ2) is 6.99. The SMILES string of the molecule is NC1=NC2(CCCCC2)N(c2cccc(C(=O)O)c2-c2ccccc2)C(N)=N1. The van der Waals surface area contributed by atoms with E-state index in [2.05, 4.69) is 4.99 Å². The van der Waals surface area contributed by atoms with Crippen LogP contribution in [0.3, 0.4) is 0 Å². The van der Waals surface area contributed by atoms with Crippen LogP contribution in [-0.4, -0.2) is 28.7 Å². The van der Waals surface area contributed by atoms with E-state index < -0.39 is 11.6 Å². The summed E-state index contributed by atoms with van der Waals surface area (Å²) in [5.74, 6) is -0.575. The minimum atomic E-state index is -0.992. The summed E-state index contributed by atoms with van der Waals surface area (Å²) in [7, 11) is 0. The molecule has 2 aliphatic rings. The van der Waals surface area contributed by atoms with Gasteiger partial charge in [0.05, 0.1) is 11.3 Å². The number of carboxylic acids is 1. The van der Waals surface area contributed by atoms with Crippen molar-refractivity contribution in [1.82, 2.24) is 0 Å². The van der Waals surface area contributed by atoms with Crippen molar-refractivity contribution in [2.24, 2.45) is 21.5 Å². The van der Waals surface area contributed by atoms with Crippen LogP contribution in [0.4, 0.5) is 5.69 Å². The molecule has 0 amide bonds. The number of rotatable bonds is 3. The topological polar surface area (TPSA) is 117 Å². The molecule has 7 nitrogen and oxygen atoms in total. The summed E-state index contributed by atoms with van der Waals surface area (Å²) in [4.78, 5) is 22.8. The monoisotopic (exact) mass is 377 g/mol. The molecule has 0 saturated heterocycles. The minimum absolute atomic E-state index is 0.173. The Bertz CT molecular complexity index is 962. The van der Waals surface area contributed by atoms with Crippen LogP contribution in [0.25, 0.3) is 11.1 Å². The zero-order valence-electron chi connectivity index (χ0n) is 15.5. The van der Waals surface area contributed by atoms with Gasteiger partial charge in [0, 0.05) is 5.56 Å². The van der Waals surface area contributed by atoms with Crippen LogP contribution in [0.2, 0.25) is 0 Å². The van der Waals surface area contributed by atoms with Crippen LogP contribution < -0.4 is 16.4 Å². The van der Waals surface area contributed by atoms with Crippen molar-refractivity contribution in [2.45, 2.75) is 37.8 Å². The fourth-order valence-electron chi connectivity index (χ4n) is 4.28. The maximum atomic E-state index is 12.0. The Balaban J connectivity index is 1.97. The average Bonchev–Trinajstić information content (AvgIpc) is 2.68. The first-order valence-corrected chi connectivity index (χ1v) is 9.43. The largest absolute Gasteiger partial charge is 0.478 e. The summed E-state index contributed by atoms with van der Waals surface area (Å²) < 4.78 is 0. The van der Waals surface area contributed by atoms with E-state index in [1.54, 1.807) is 12.1 Å². The van der Waals surface area contributed by atoms with Gasteiger partial charge in [-0.05, 0) is 43.4 Å². The second-order valence-electron chi connectivity index (χ2n) is 7.19. The summed E-state index contributed by atoms with van der Waals surface area (Å²) >= 11 is 0. The zero-order chi connectivity index (χ0) is 19.7. The van der Waals surface area contributed by atoms with Gasteiger partial charge in [-0.25, -0.2) is 9.79 Å². The number of aromatic carboxylic acids is 1. The number of benzene rings is 2. The number of carboxylic acid groups (broad SMARTS) is 1. The molecule has 0 unspecified atom stereocenters. The number of anilines is 1. The Morgan fingerprint density at radius 3 is 2.39 bits per heavy atom. The minimum Gasteiger partial charge on any atom is -0.478 e. The van der Waals surface area contributed by atoms with Gasteiger partial charge in [0.25, 0.3) is 0 Å². The number of carbonyl (C=O) groups is 1. The molecule has 2 aromatic rings. The highest BCUT2D eigenvalue weighted by Gasteiger charge is 2.43. The van der Waals surface area contributed by atoms with Crippen LogP contribution >= 0.6 is 0 Å². The van der Waals surface area contributed by atoms with Crippen molar-refractivity contribution in [3.8, 4) is 11.1 Å². The lowest BCUT2D eigenvalue weighted by atomic mass is 9.86. The molecular formula is C21H23N5O2. The summed E-state index contributed by atoms with van der Waals surface area (Å²) in [6, 6.07) is 14.7. The molecule has 1 heterocycles. The fourth-order valence-corrected chi connectivity index (χ4v) is 4.28. The highest BCUT2D eigenvalue weighted by atomic mass is 16.4. The van der Waals surface area contributed by atoms with E-state index in [1.165, 1.54) is 0 Å². The third-order valence-corrected chi connectivity index (χ3v) is 5.43. The van der Waals surface area contributed by atoms with Crippen LogP contribution in [-0.2, 0) is 0 Å². The lowest BCUT2D eigenvalue weighted by Crippen LogP contribution is -2.58. The van der Waals surface area contributed by atoms with Gasteiger partial charge in [0.2, 0.25) is 11.9 Å². The average molecular weight is 377 g/mol. The molecule has 28 heavy (non-hydrogen) atoms. The Morgan fingerprint density at radius 1 is 1.00 bits per heavy atom. The molecule has 5 N–H and O–H groups in total. The molecule has 144 valence electrons. The lowest BCUT2D eigenvalue weighted by Gasteiger charge is -2.46. The molecule has 0 bridgehead atoms.